The van der Waals surface area contributed by atoms with E-state index in [2.05, 4.69) is 0 Å². The maximum absolute atomic E-state index is 11.1. The molecule has 0 N–H and O–H groups in total. The van der Waals surface area contributed by atoms with Crippen LogP contribution in [0.25, 0.3) is 0 Å². The number of methoxy groups -OCH3 is 1. The topological polar surface area (TPSA) is 44.8 Å². The van der Waals surface area contributed by atoms with Crippen LogP contribution >= 0.6 is 0 Å². The molecule has 0 amide bonds. The van der Waals surface area contributed by atoms with Crippen molar-refractivity contribution in [3.63, 3.8) is 0 Å². The highest BCUT2D eigenvalue weighted by atomic mass is 16.5. The highest BCUT2D eigenvalue weighted by Crippen LogP contribution is 2.25. The Labute approximate surface area is 113 Å². The Kier molecular flexibility index (Phi) is 5.21. The number of para-hydroxylation sites is 2. The van der Waals surface area contributed by atoms with Crippen molar-refractivity contribution in [2.45, 2.75) is 31.8 Å². The summed E-state index contributed by atoms with van der Waals surface area (Å²) in [5, 5.41) is 0. The molecule has 2 rings (SSSR count). The van der Waals surface area contributed by atoms with Gasteiger partial charge >= 0.3 is 0 Å². The summed E-state index contributed by atoms with van der Waals surface area (Å²) in [5.41, 5.74) is 0. The van der Waals surface area contributed by atoms with Gasteiger partial charge in [0.05, 0.1) is 19.8 Å². The molecule has 1 aromatic rings. The van der Waals surface area contributed by atoms with Gasteiger partial charge in [-0.1, -0.05) is 12.1 Å². The van der Waals surface area contributed by atoms with Gasteiger partial charge in [-0.3, -0.25) is 4.79 Å². The van der Waals surface area contributed by atoms with E-state index in [9.17, 15) is 4.79 Å². The van der Waals surface area contributed by atoms with Gasteiger partial charge in [0.1, 0.15) is 12.4 Å². The molecule has 0 atom stereocenters. The number of ether oxygens (including phenoxy) is 3. The van der Waals surface area contributed by atoms with Crippen LogP contribution in [0.15, 0.2) is 24.3 Å². The molecule has 4 heteroatoms. The second-order valence-electron chi connectivity index (χ2n) is 4.61. The Hall–Kier alpha value is -1.55. The summed E-state index contributed by atoms with van der Waals surface area (Å²) in [6.07, 6.45) is 3.19. The second-order valence-corrected chi connectivity index (χ2v) is 4.61. The van der Waals surface area contributed by atoms with Crippen LogP contribution in [0.2, 0.25) is 0 Å². The van der Waals surface area contributed by atoms with Crippen molar-refractivity contribution in [2.75, 3.05) is 20.3 Å². The van der Waals surface area contributed by atoms with Crippen molar-refractivity contribution in [2.24, 2.45) is 0 Å². The average Bonchev–Trinajstić information content (AvgIpc) is 2.46. The first-order valence-electron chi connectivity index (χ1n) is 6.68. The maximum atomic E-state index is 11.1. The minimum atomic E-state index is 0.207. The Bertz CT molecular complexity index is 406. The third-order valence-electron chi connectivity index (χ3n) is 3.25. The summed E-state index contributed by atoms with van der Waals surface area (Å²) < 4.78 is 16.5. The number of ketones is 1. The molecule has 19 heavy (non-hydrogen) atoms. The van der Waals surface area contributed by atoms with Crippen LogP contribution in [0.5, 0.6) is 11.5 Å². The predicted molar refractivity (Wildman–Crippen MR) is 71.7 cm³/mol. The van der Waals surface area contributed by atoms with Crippen molar-refractivity contribution < 1.29 is 19.0 Å². The lowest BCUT2D eigenvalue weighted by Gasteiger charge is -2.21. The number of carbonyl (C=O) groups is 1. The summed E-state index contributed by atoms with van der Waals surface area (Å²) in [7, 11) is 1.62. The third kappa shape index (κ3) is 4.24. The van der Waals surface area contributed by atoms with Crippen LogP contribution in [0.4, 0.5) is 0 Å². The standard InChI is InChI=1S/C15H20O4/c1-17-14-4-2-3-5-15(14)19-11-10-18-13-8-6-12(16)7-9-13/h2-5,13H,6-11H2,1H3. The van der Waals surface area contributed by atoms with Crippen molar-refractivity contribution in [1.29, 1.82) is 0 Å². The minimum absolute atomic E-state index is 0.207. The molecule has 4 nitrogen and oxygen atoms in total. The first-order chi connectivity index (χ1) is 9.29. The predicted octanol–water partition coefficient (Wildman–Crippen LogP) is 2.60. The van der Waals surface area contributed by atoms with Gasteiger partial charge in [-0.25, -0.2) is 0 Å². The van der Waals surface area contributed by atoms with E-state index in [1.165, 1.54) is 0 Å². The molecule has 1 aromatic carbocycles. The summed E-state index contributed by atoms with van der Waals surface area (Å²) in [6.45, 7) is 1.03. The van der Waals surface area contributed by atoms with Gasteiger partial charge in [0.15, 0.2) is 11.5 Å². The number of rotatable bonds is 6. The Morgan fingerprint density at radius 1 is 1.11 bits per heavy atom. The highest BCUT2D eigenvalue weighted by Gasteiger charge is 2.18. The summed E-state index contributed by atoms with van der Waals surface area (Å²) in [4.78, 5) is 11.1. The fourth-order valence-corrected chi connectivity index (χ4v) is 2.18. The van der Waals surface area contributed by atoms with Crippen LogP contribution in [0.1, 0.15) is 25.7 Å². The number of carbonyl (C=O) groups excluding carboxylic acids is 1. The van der Waals surface area contributed by atoms with Crippen LogP contribution in [-0.2, 0) is 9.53 Å². The Morgan fingerprint density at radius 2 is 1.79 bits per heavy atom. The lowest BCUT2D eigenvalue weighted by molar-refractivity contribution is -0.123. The van der Waals surface area contributed by atoms with Gasteiger partial charge in [-0.2, -0.15) is 0 Å². The fourth-order valence-electron chi connectivity index (χ4n) is 2.18. The SMILES string of the molecule is COc1ccccc1OCCOC1CCC(=O)CC1. The van der Waals surface area contributed by atoms with Crippen LogP contribution in [0.3, 0.4) is 0 Å². The molecule has 0 saturated heterocycles. The molecule has 1 aliphatic carbocycles. The molecule has 1 fully saturated rings. The van der Waals surface area contributed by atoms with E-state index in [1.54, 1.807) is 7.11 Å². The van der Waals surface area contributed by atoms with Gasteiger partial charge in [0, 0.05) is 12.8 Å². The summed E-state index contributed by atoms with van der Waals surface area (Å²) in [5.74, 6) is 1.81. The molecular weight excluding hydrogens is 244 g/mol. The van der Waals surface area contributed by atoms with Crippen LogP contribution < -0.4 is 9.47 Å². The fraction of sp³-hybridized carbons (Fsp3) is 0.533. The quantitative estimate of drug-likeness (QED) is 0.741. The molecule has 0 heterocycles. The number of Topliss-reactive ketones (excluding diaryl/α,β-unsaturated/α-hetero) is 1. The zero-order valence-corrected chi connectivity index (χ0v) is 11.3. The van der Waals surface area contributed by atoms with E-state index in [-0.39, 0.29) is 6.10 Å². The molecule has 0 aliphatic heterocycles. The van der Waals surface area contributed by atoms with E-state index < -0.39 is 0 Å². The molecule has 0 radical (unpaired) electrons. The van der Waals surface area contributed by atoms with E-state index in [4.69, 9.17) is 14.2 Å². The normalized spacial score (nSPS) is 16.4. The lowest BCUT2D eigenvalue weighted by atomic mass is 9.97. The van der Waals surface area contributed by atoms with Crippen molar-refractivity contribution in [3.8, 4) is 11.5 Å². The van der Waals surface area contributed by atoms with E-state index in [0.29, 0.717) is 31.8 Å². The number of benzene rings is 1. The molecule has 1 aliphatic rings. The lowest BCUT2D eigenvalue weighted by Crippen LogP contribution is -2.23. The van der Waals surface area contributed by atoms with E-state index in [1.807, 2.05) is 24.3 Å². The molecule has 104 valence electrons. The minimum Gasteiger partial charge on any atom is -0.493 e. The monoisotopic (exact) mass is 264 g/mol. The summed E-state index contributed by atoms with van der Waals surface area (Å²) in [6, 6.07) is 7.55. The molecule has 0 spiro atoms. The van der Waals surface area contributed by atoms with E-state index >= 15 is 0 Å². The maximum Gasteiger partial charge on any atom is 0.161 e. The Balaban J connectivity index is 1.68. The number of hydrogen-bond donors (Lipinski definition) is 0. The molecule has 1 saturated carbocycles. The first-order valence-corrected chi connectivity index (χ1v) is 6.68. The second kappa shape index (κ2) is 7.14. The zero-order valence-electron chi connectivity index (χ0n) is 11.3. The van der Waals surface area contributed by atoms with Gasteiger partial charge in [-0.15, -0.1) is 0 Å². The third-order valence-corrected chi connectivity index (χ3v) is 3.25. The van der Waals surface area contributed by atoms with Gasteiger partial charge in [0.25, 0.3) is 0 Å². The molecular formula is C15H20O4. The highest BCUT2D eigenvalue weighted by molar-refractivity contribution is 5.79. The smallest absolute Gasteiger partial charge is 0.161 e. The van der Waals surface area contributed by atoms with Gasteiger partial charge in [0.2, 0.25) is 0 Å². The molecule has 0 aromatic heterocycles. The number of hydrogen-bond acceptors (Lipinski definition) is 4. The average molecular weight is 264 g/mol. The van der Waals surface area contributed by atoms with Crippen molar-refractivity contribution in [3.05, 3.63) is 24.3 Å². The van der Waals surface area contributed by atoms with Crippen LogP contribution in [0, 0.1) is 0 Å². The van der Waals surface area contributed by atoms with E-state index in [0.717, 1.165) is 24.3 Å². The van der Waals surface area contributed by atoms with Crippen molar-refractivity contribution in [1.82, 2.24) is 0 Å². The van der Waals surface area contributed by atoms with Crippen LogP contribution in [-0.4, -0.2) is 32.2 Å². The Morgan fingerprint density at radius 3 is 2.47 bits per heavy atom. The van der Waals surface area contributed by atoms with Gasteiger partial charge in [-0.05, 0) is 25.0 Å². The summed E-state index contributed by atoms with van der Waals surface area (Å²) >= 11 is 0. The molecule has 0 unspecified atom stereocenters. The zero-order chi connectivity index (χ0) is 13.5. The molecule has 0 bridgehead atoms. The first kappa shape index (κ1) is 13.9. The largest absolute Gasteiger partial charge is 0.493 e. The van der Waals surface area contributed by atoms with Gasteiger partial charge < -0.3 is 14.2 Å². The van der Waals surface area contributed by atoms with Crippen molar-refractivity contribution >= 4 is 5.78 Å².